The van der Waals surface area contributed by atoms with Gasteiger partial charge in [0.15, 0.2) is 0 Å². The van der Waals surface area contributed by atoms with Crippen LogP contribution in [0, 0.1) is 5.92 Å². The summed E-state index contributed by atoms with van der Waals surface area (Å²) in [6.07, 6.45) is 11.6. The number of hydrogen-bond donors (Lipinski definition) is 1. The van der Waals surface area contributed by atoms with Gasteiger partial charge >= 0.3 is 0 Å². The lowest BCUT2D eigenvalue weighted by atomic mass is 9.91. The van der Waals surface area contributed by atoms with Crippen molar-refractivity contribution >= 4 is 10.0 Å². The first-order chi connectivity index (χ1) is 9.18. The third-order valence-electron chi connectivity index (χ3n) is 3.73. The third-order valence-corrected chi connectivity index (χ3v) is 5.14. The van der Waals surface area contributed by atoms with Crippen molar-refractivity contribution < 1.29 is 8.42 Å². The summed E-state index contributed by atoms with van der Waals surface area (Å²) in [7, 11) is -3.39. The van der Waals surface area contributed by atoms with Crippen LogP contribution in [-0.4, -0.2) is 19.9 Å². The molecule has 0 aliphatic heterocycles. The lowest BCUT2D eigenvalue weighted by molar-refractivity contribution is 0.376. The Bertz CT molecular complexity index is 465. The molecule has 19 heavy (non-hydrogen) atoms. The van der Waals surface area contributed by atoms with Gasteiger partial charge in [-0.15, -0.1) is 0 Å². The van der Waals surface area contributed by atoms with Crippen LogP contribution in [0.3, 0.4) is 0 Å². The Morgan fingerprint density at radius 3 is 2.47 bits per heavy atom. The highest BCUT2D eigenvalue weighted by Crippen LogP contribution is 2.22. The lowest BCUT2D eigenvalue weighted by Gasteiger charge is -2.19. The van der Waals surface area contributed by atoms with Crippen LogP contribution in [0.15, 0.2) is 29.4 Å². The van der Waals surface area contributed by atoms with Crippen molar-refractivity contribution in [3.63, 3.8) is 0 Å². The zero-order valence-corrected chi connectivity index (χ0v) is 12.0. The Labute approximate surface area is 115 Å². The molecule has 106 valence electrons. The molecular formula is C14H22N2O2S. The molecule has 2 rings (SSSR count). The Hall–Kier alpha value is -0.940. The van der Waals surface area contributed by atoms with Crippen molar-refractivity contribution in [3.8, 4) is 0 Å². The van der Waals surface area contributed by atoms with E-state index in [0.29, 0.717) is 12.5 Å². The predicted octanol–water partition coefficient (Wildman–Crippen LogP) is 2.72. The molecule has 0 spiro atoms. The second-order valence-corrected chi connectivity index (χ2v) is 7.02. The van der Waals surface area contributed by atoms with Gasteiger partial charge in [0.05, 0.1) is 0 Å². The molecule has 1 saturated carbocycles. The van der Waals surface area contributed by atoms with E-state index in [-0.39, 0.29) is 4.90 Å². The van der Waals surface area contributed by atoms with E-state index in [9.17, 15) is 8.42 Å². The summed E-state index contributed by atoms with van der Waals surface area (Å²) in [5.74, 6) is 0.478. The van der Waals surface area contributed by atoms with Crippen LogP contribution in [0.5, 0.6) is 0 Å². The summed E-state index contributed by atoms with van der Waals surface area (Å²) in [4.78, 5) is 4.10. The van der Waals surface area contributed by atoms with Crippen LogP contribution < -0.4 is 4.72 Å². The predicted molar refractivity (Wildman–Crippen MR) is 75.2 cm³/mol. The number of pyridine rings is 1. The molecule has 1 aromatic rings. The summed E-state index contributed by atoms with van der Waals surface area (Å²) >= 11 is 0. The highest BCUT2D eigenvalue weighted by molar-refractivity contribution is 7.89. The van der Waals surface area contributed by atoms with E-state index in [1.807, 2.05) is 0 Å². The smallest absolute Gasteiger partial charge is 0.242 e. The Kier molecular flexibility index (Phi) is 5.34. The fourth-order valence-electron chi connectivity index (χ4n) is 2.56. The normalized spacial score (nSPS) is 18.7. The van der Waals surface area contributed by atoms with Gasteiger partial charge in [-0.2, -0.15) is 0 Å². The molecular weight excluding hydrogens is 260 g/mol. The molecule has 1 aromatic heterocycles. The zero-order valence-electron chi connectivity index (χ0n) is 11.2. The quantitative estimate of drug-likeness (QED) is 0.923. The molecule has 1 fully saturated rings. The first-order valence-electron chi connectivity index (χ1n) is 7.08. The maximum atomic E-state index is 12.1. The second kappa shape index (κ2) is 7.01. The standard InChI is InChI=1S/C14H22N2O2S/c17-19(18,14-9-6-10-15-12-14)16-11-13-7-4-2-1-3-5-8-13/h6,9-10,12-13,16H,1-5,7-8,11H2. The molecule has 0 aromatic carbocycles. The van der Waals surface area contributed by atoms with Crippen molar-refractivity contribution in [3.05, 3.63) is 24.5 Å². The molecule has 0 unspecified atom stereocenters. The summed E-state index contributed by atoms with van der Waals surface area (Å²) in [5, 5.41) is 0. The van der Waals surface area contributed by atoms with Crippen LogP contribution in [-0.2, 0) is 10.0 Å². The van der Waals surface area contributed by atoms with Crippen molar-refractivity contribution in [1.29, 1.82) is 0 Å². The average molecular weight is 282 g/mol. The molecule has 0 amide bonds. The second-order valence-electron chi connectivity index (χ2n) is 5.25. The molecule has 1 aliphatic rings. The van der Waals surface area contributed by atoms with Gasteiger partial charge in [-0.25, -0.2) is 13.1 Å². The van der Waals surface area contributed by atoms with Crippen molar-refractivity contribution in [2.24, 2.45) is 5.92 Å². The van der Waals surface area contributed by atoms with Crippen LogP contribution in [0.25, 0.3) is 0 Å². The van der Waals surface area contributed by atoms with Gasteiger partial charge < -0.3 is 0 Å². The Balaban J connectivity index is 1.90. The highest BCUT2D eigenvalue weighted by Gasteiger charge is 2.17. The molecule has 1 N–H and O–H groups in total. The molecule has 1 aliphatic carbocycles. The maximum absolute atomic E-state index is 12.1. The van der Waals surface area contributed by atoms with E-state index in [1.54, 1.807) is 18.3 Å². The van der Waals surface area contributed by atoms with Crippen LogP contribution in [0.2, 0.25) is 0 Å². The minimum Gasteiger partial charge on any atom is -0.263 e. The van der Waals surface area contributed by atoms with Gasteiger partial charge in [-0.3, -0.25) is 4.98 Å². The molecule has 4 nitrogen and oxygen atoms in total. The minimum absolute atomic E-state index is 0.251. The topological polar surface area (TPSA) is 59.1 Å². The maximum Gasteiger partial charge on any atom is 0.242 e. The molecule has 0 bridgehead atoms. The van der Waals surface area contributed by atoms with Gasteiger partial charge in [0.25, 0.3) is 0 Å². The largest absolute Gasteiger partial charge is 0.263 e. The molecule has 1 heterocycles. The van der Waals surface area contributed by atoms with Gasteiger partial charge in [0.2, 0.25) is 10.0 Å². The first kappa shape index (κ1) is 14.5. The van der Waals surface area contributed by atoms with Crippen LogP contribution in [0.1, 0.15) is 44.9 Å². The fourth-order valence-corrected chi connectivity index (χ4v) is 3.64. The zero-order chi connectivity index (χ0) is 13.6. The molecule has 0 saturated heterocycles. The Morgan fingerprint density at radius 1 is 1.16 bits per heavy atom. The third kappa shape index (κ3) is 4.58. The van der Waals surface area contributed by atoms with Gasteiger partial charge in [0.1, 0.15) is 4.90 Å². The number of aromatic nitrogens is 1. The van der Waals surface area contributed by atoms with Crippen molar-refractivity contribution in [1.82, 2.24) is 9.71 Å². The summed E-state index contributed by atoms with van der Waals surface area (Å²) in [5.41, 5.74) is 0. The monoisotopic (exact) mass is 282 g/mol. The van der Waals surface area contributed by atoms with E-state index in [4.69, 9.17) is 0 Å². The number of sulfonamides is 1. The van der Waals surface area contributed by atoms with Crippen LogP contribution in [0.4, 0.5) is 0 Å². The van der Waals surface area contributed by atoms with E-state index in [2.05, 4.69) is 9.71 Å². The minimum atomic E-state index is -3.39. The molecule has 5 heteroatoms. The van der Waals surface area contributed by atoms with Crippen molar-refractivity contribution in [2.45, 2.75) is 49.8 Å². The lowest BCUT2D eigenvalue weighted by Crippen LogP contribution is -2.29. The number of nitrogens with zero attached hydrogens (tertiary/aromatic N) is 1. The average Bonchev–Trinajstić information content (AvgIpc) is 2.38. The van der Waals surface area contributed by atoms with E-state index in [0.717, 1.165) is 12.8 Å². The Morgan fingerprint density at radius 2 is 1.84 bits per heavy atom. The fraction of sp³-hybridized carbons (Fsp3) is 0.643. The number of hydrogen-bond acceptors (Lipinski definition) is 3. The van der Waals surface area contributed by atoms with Gasteiger partial charge in [-0.1, -0.05) is 32.1 Å². The number of rotatable bonds is 4. The summed E-state index contributed by atoms with van der Waals surface area (Å²) in [6.45, 7) is 0.553. The highest BCUT2D eigenvalue weighted by atomic mass is 32.2. The van der Waals surface area contributed by atoms with Crippen LogP contribution >= 0.6 is 0 Å². The van der Waals surface area contributed by atoms with E-state index in [1.165, 1.54) is 38.3 Å². The molecule has 0 atom stereocenters. The summed E-state index contributed by atoms with van der Waals surface area (Å²) in [6, 6.07) is 3.22. The summed E-state index contributed by atoms with van der Waals surface area (Å²) < 4.78 is 26.9. The SMILES string of the molecule is O=S(=O)(NCC1CCCCCCC1)c1cccnc1. The molecule has 0 radical (unpaired) electrons. The van der Waals surface area contributed by atoms with Gasteiger partial charge in [0, 0.05) is 18.9 Å². The first-order valence-corrected chi connectivity index (χ1v) is 8.56. The van der Waals surface area contributed by atoms with E-state index >= 15 is 0 Å². The van der Waals surface area contributed by atoms with E-state index < -0.39 is 10.0 Å². The van der Waals surface area contributed by atoms with Gasteiger partial charge in [-0.05, 0) is 30.9 Å². The number of nitrogens with one attached hydrogen (secondary N) is 1. The van der Waals surface area contributed by atoms with Crippen molar-refractivity contribution in [2.75, 3.05) is 6.54 Å².